The summed E-state index contributed by atoms with van der Waals surface area (Å²) in [6.45, 7) is 2.12. The highest BCUT2D eigenvalue weighted by Crippen LogP contribution is 2.26. The first-order valence-electron chi connectivity index (χ1n) is 6.50. The van der Waals surface area contributed by atoms with E-state index in [0.717, 1.165) is 22.2 Å². The van der Waals surface area contributed by atoms with E-state index in [-0.39, 0.29) is 0 Å². The van der Waals surface area contributed by atoms with E-state index in [1.165, 1.54) is 0 Å². The molecule has 4 nitrogen and oxygen atoms in total. The molecule has 0 aliphatic heterocycles. The summed E-state index contributed by atoms with van der Waals surface area (Å²) >= 11 is 0. The molecule has 0 aliphatic rings. The van der Waals surface area contributed by atoms with Crippen LogP contribution in [0, 0.1) is 0 Å². The molecule has 3 rings (SSSR count). The molecule has 0 unspecified atom stereocenters. The molecule has 0 saturated carbocycles. The minimum atomic E-state index is -0.396. The lowest BCUT2D eigenvalue weighted by Gasteiger charge is -2.06. The molecule has 0 fully saturated rings. The van der Waals surface area contributed by atoms with Gasteiger partial charge in [0.1, 0.15) is 5.69 Å². The Kier molecular flexibility index (Phi) is 3.21. The van der Waals surface area contributed by atoms with E-state index in [0.29, 0.717) is 12.3 Å². The van der Waals surface area contributed by atoms with E-state index >= 15 is 0 Å². The van der Waals surface area contributed by atoms with Gasteiger partial charge in [0.2, 0.25) is 0 Å². The highest BCUT2D eigenvalue weighted by Gasteiger charge is 2.14. The average molecular weight is 266 g/mol. The number of benzene rings is 1. The quantitative estimate of drug-likeness (QED) is 0.739. The van der Waals surface area contributed by atoms with Crippen molar-refractivity contribution in [3.8, 4) is 11.3 Å². The number of ether oxygens (including phenoxy) is 1. The molecule has 1 aromatic carbocycles. The summed E-state index contributed by atoms with van der Waals surface area (Å²) in [4.78, 5) is 19.5. The van der Waals surface area contributed by atoms with Crippen molar-refractivity contribution in [2.75, 3.05) is 6.61 Å². The van der Waals surface area contributed by atoms with Crippen LogP contribution in [-0.4, -0.2) is 22.5 Å². The second-order valence-electron chi connectivity index (χ2n) is 4.38. The smallest absolute Gasteiger partial charge is 0.356 e. The Balaban J connectivity index is 2.19. The molecular weight excluding hydrogens is 252 g/mol. The van der Waals surface area contributed by atoms with Crippen LogP contribution in [0.2, 0.25) is 0 Å². The number of carbonyl (C=O) groups excluding carboxylic acids is 1. The van der Waals surface area contributed by atoms with Crippen molar-refractivity contribution in [3.63, 3.8) is 0 Å². The van der Waals surface area contributed by atoms with E-state index in [2.05, 4.69) is 9.97 Å². The molecule has 0 amide bonds. The number of nitrogens with one attached hydrogen (secondary N) is 1. The second-order valence-corrected chi connectivity index (χ2v) is 4.38. The van der Waals surface area contributed by atoms with E-state index < -0.39 is 5.97 Å². The largest absolute Gasteiger partial charge is 0.461 e. The fourth-order valence-electron chi connectivity index (χ4n) is 2.18. The van der Waals surface area contributed by atoms with Gasteiger partial charge in [-0.3, -0.25) is 0 Å². The first kappa shape index (κ1) is 12.4. The van der Waals surface area contributed by atoms with Gasteiger partial charge in [-0.15, -0.1) is 0 Å². The first-order chi connectivity index (χ1) is 9.79. The highest BCUT2D eigenvalue weighted by molar-refractivity contribution is 5.98. The third-order valence-electron chi connectivity index (χ3n) is 3.07. The molecule has 0 spiro atoms. The number of rotatable bonds is 3. The summed E-state index contributed by atoms with van der Waals surface area (Å²) in [5.41, 5.74) is 2.98. The van der Waals surface area contributed by atoms with Crippen molar-refractivity contribution >= 4 is 16.9 Å². The molecule has 2 heterocycles. The number of aromatic amines is 1. The predicted octanol–water partition coefficient (Wildman–Crippen LogP) is 3.41. The zero-order valence-corrected chi connectivity index (χ0v) is 11.1. The van der Waals surface area contributed by atoms with Crippen LogP contribution in [0.5, 0.6) is 0 Å². The topological polar surface area (TPSA) is 55.0 Å². The molecule has 0 aliphatic carbocycles. The SMILES string of the molecule is CCOC(=O)c1cc2cc[nH]c2c(-c2ccccc2)n1. The molecule has 1 N–H and O–H groups in total. The Bertz CT molecular complexity index is 748. The number of H-pyrrole nitrogens is 1. The Morgan fingerprint density at radius 2 is 2.05 bits per heavy atom. The molecule has 0 bridgehead atoms. The molecule has 20 heavy (non-hydrogen) atoms. The van der Waals surface area contributed by atoms with Gasteiger partial charge in [0.15, 0.2) is 0 Å². The Labute approximate surface area is 116 Å². The van der Waals surface area contributed by atoms with Crippen LogP contribution in [-0.2, 0) is 4.74 Å². The summed E-state index contributed by atoms with van der Waals surface area (Å²) in [6.07, 6.45) is 1.84. The summed E-state index contributed by atoms with van der Waals surface area (Å²) in [6, 6.07) is 13.5. The number of pyridine rings is 1. The maximum Gasteiger partial charge on any atom is 0.356 e. The Hall–Kier alpha value is -2.62. The fraction of sp³-hybridized carbons (Fsp3) is 0.125. The predicted molar refractivity (Wildman–Crippen MR) is 77.5 cm³/mol. The molecule has 0 atom stereocenters. The van der Waals surface area contributed by atoms with Crippen LogP contribution in [0.3, 0.4) is 0 Å². The number of hydrogen-bond acceptors (Lipinski definition) is 3. The first-order valence-corrected chi connectivity index (χ1v) is 6.50. The van der Waals surface area contributed by atoms with Crippen molar-refractivity contribution in [2.24, 2.45) is 0 Å². The van der Waals surface area contributed by atoms with Gasteiger partial charge in [-0.1, -0.05) is 30.3 Å². The summed E-state index contributed by atoms with van der Waals surface area (Å²) in [7, 11) is 0. The summed E-state index contributed by atoms with van der Waals surface area (Å²) in [5, 5.41) is 0.946. The number of carbonyl (C=O) groups is 1. The van der Waals surface area contributed by atoms with Crippen molar-refractivity contribution in [2.45, 2.75) is 6.92 Å². The van der Waals surface area contributed by atoms with Crippen molar-refractivity contribution in [1.29, 1.82) is 0 Å². The second kappa shape index (κ2) is 5.17. The van der Waals surface area contributed by atoms with Gasteiger partial charge in [-0.05, 0) is 19.1 Å². The fourth-order valence-corrected chi connectivity index (χ4v) is 2.18. The normalized spacial score (nSPS) is 10.7. The molecule has 2 aromatic heterocycles. The lowest BCUT2D eigenvalue weighted by Crippen LogP contribution is -2.07. The van der Waals surface area contributed by atoms with Crippen LogP contribution < -0.4 is 0 Å². The zero-order valence-electron chi connectivity index (χ0n) is 11.1. The molecule has 0 saturated heterocycles. The van der Waals surface area contributed by atoms with Gasteiger partial charge in [0.05, 0.1) is 17.8 Å². The molecule has 4 heteroatoms. The van der Waals surface area contributed by atoms with Crippen LogP contribution in [0.4, 0.5) is 0 Å². The summed E-state index contributed by atoms with van der Waals surface area (Å²) < 4.78 is 5.03. The highest BCUT2D eigenvalue weighted by atomic mass is 16.5. The third kappa shape index (κ3) is 2.16. The summed E-state index contributed by atoms with van der Waals surface area (Å²) in [5.74, 6) is -0.396. The van der Waals surface area contributed by atoms with Gasteiger partial charge in [0, 0.05) is 17.1 Å². The monoisotopic (exact) mass is 266 g/mol. The van der Waals surface area contributed by atoms with E-state index in [9.17, 15) is 4.79 Å². The van der Waals surface area contributed by atoms with Gasteiger partial charge in [-0.25, -0.2) is 9.78 Å². The van der Waals surface area contributed by atoms with Gasteiger partial charge < -0.3 is 9.72 Å². The van der Waals surface area contributed by atoms with Crippen molar-refractivity contribution in [3.05, 3.63) is 54.4 Å². The Morgan fingerprint density at radius 3 is 2.80 bits per heavy atom. The maximum absolute atomic E-state index is 11.9. The number of esters is 1. The zero-order chi connectivity index (χ0) is 13.9. The van der Waals surface area contributed by atoms with Gasteiger partial charge in [-0.2, -0.15) is 0 Å². The van der Waals surface area contributed by atoms with Crippen molar-refractivity contribution in [1.82, 2.24) is 9.97 Å². The molecule has 100 valence electrons. The van der Waals surface area contributed by atoms with E-state index in [1.807, 2.05) is 42.6 Å². The minimum absolute atomic E-state index is 0.331. The van der Waals surface area contributed by atoms with Crippen LogP contribution >= 0.6 is 0 Å². The number of nitrogens with zero attached hydrogens (tertiary/aromatic N) is 1. The minimum Gasteiger partial charge on any atom is -0.461 e. The van der Waals surface area contributed by atoms with Crippen LogP contribution in [0.25, 0.3) is 22.2 Å². The lowest BCUT2D eigenvalue weighted by atomic mass is 10.1. The van der Waals surface area contributed by atoms with Gasteiger partial charge >= 0.3 is 5.97 Å². The van der Waals surface area contributed by atoms with E-state index in [1.54, 1.807) is 13.0 Å². The van der Waals surface area contributed by atoms with Crippen LogP contribution in [0.15, 0.2) is 48.7 Å². The van der Waals surface area contributed by atoms with E-state index in [4.69, 9.17) is 4.74 Å². The molecule has 0 radical (unpaired) electrons. The average Bonchev–Trinajstić information content (AvgIpc) is 2.95. The maximum atomic E-state index is 11.9. The lowest BCUT2D eigenvalue weighted by molar-refractivity contribution is 0.0520. The molecule has 3 aromatic rings. The van der Waals surface area contributed by atoms with Gasteiger partial charge in [0.25, 0.3) is 0 Å². The standard InChI is InChI=1S/C16H14N2O2/c1-2-20-16(19)13-10-12-8-9-17-14(12)15(18-13)11-6-4-3-5-7-11/h3-10,17H,2H2,1H3. The third-order valence-corrected chi connectivity index (χ3v) is 3.07. The number of aromatic nitrogens is 2. The number of fused-ring (bicyclic) bond motifs is 1. The number of hydrogen-bond donors (Lipinski definition) is 1. The Morgan fingerprint density at radius 1 is 1.25 bits per heavy atom. The van der Waals surface area contributed by atoms with Crippen LogP contribution in [0.1, 0.15) is 17.4 Å². The molecular formula is C16H14N2O2. The van der Waals surface area contributed by atoms with Crippen molar-refractivity contribution < 1.29 is 9.53 Å².